The third-order valence-corrected chi connectivity index (χ3v) is 7.85. The SMILES string of the molecule is COc1ccc(CN2CCCN(C(=O)c3cccc(NS(=O)(=O)c4ccc(OC)c(OC)c4)c3)CC2)cc1. The molecule has 9 nitrogen and oxygen atoms in total. The predicted molar refractivity (Wildman–Crippen MR) is 146 cm³/mol. The molecule has 0 aromatic heterocycles. The zero-order chi connectivity index (χ0) is 27.1. The van der Waals surface area contributed by atoms with Gasteiger partial charge in [0.05, 0.1) is 26.2 Å². The van der Waals surface area contributed by atoms with Crippen LogP contribution in [0.5, 0.6) is 17.2 Å². The second kappa shape index (κ2) is 12.2. The summed E-state index contributed by atoms with van der Waals surface area (Å²) in [6, 6.07) is 19.0. The van der Waals surface area contributed by atoms with Gasteiger partial charge in [0.2, 0.25) is 0 Å². The molecule has 10 heteroatoms. The molecule has 1 heterocycles. The highest BCUT2D eigenvalue weighted by atomic mass is 32.2. The fourth-order valence-electron chi connectivity index (χ4n) is 4.42. The van der Waals surface area contributed by atoms with Gasteiger partial charge >= 0.3 is 0 Å². The lowest BCUT2D eigenvalue weighted by Crippen LogP contribution is -2.35. The fraction of sp³-hybridized carbons (Fsp3) is 0.321. The van der Waals surface area contributed by atoms with Crippen LogP contribution in [0.1, 0.15) is 22.3 Å². The molecule has 1 aliphatic heterocycles. The maximum atomic E-state index is 13.3. The molecule has 1 amide bonds. The number of hydrogen-bond donors (Lipinski definition) is 1. The standard InChI is InChI=1S/C28H33N3O6S/c1-35-24-10-8-21(9-11-24)20-30-14-5-15-31(17-16-30)28(32)22-6-4-7-23(18-22)29-38(33,34)25-12-13-26(36-2)27(19-25)37-3/h4,6-13,18-19,29H,5,14-17,20H2,1-3H3. The van der Waals surface area contributed by atoms with Crippen molar-refractivity contribution in [3.8, 4) is 17.2 Å². The number of sulfonamides is 1. The normalized spacial score (nSPS) is 14.4. The minimum atomic E-state index is -3.91. The van der Waals surface area contributed by atoms with E-state index in [1.807, 2.05) is 17.0 Å². The van der Waals surface area contributed by atoms with Gasteiger partial charge in [-0.3, -0.25) is 14.4 Å². The highest BCUT2D eigenvalue weighted by Crippen LogP contribution is 2.30. The largest absolute Gasteiger partial charge is 0.497 e. The molecule has 0 unspecified atom stereocenters. The Bertz CT molecular complexity index is 1360. The van der Waals surface area contributed by atoms with Crippen LogP contribution in [0, 0.1) is 0 Å². The fourth-order valence-corrected chi connectivity index (χ4v) is 5.48. The Morgan fingerprint density at radius 1 is 0.842 bits per heavy atom. The van der Waals surface area contributed by atoms with Crippen molar-refractivity contribution in [2.75, 3.05) is 52.2 Å². The molecule has 0 radical (unpaired) electrons. The van der Waals surface area contributed by atoms with E-state index in [1.54, 1.807) is 31.4 Å². The first-order valence-electron chi connectivity index (χ1n) is 12.3. The van der Waals surface area contributed by atoms with Crippen LogP contribution in [-0.4, -0.2) is 71.6 Å². The molecule has 0 spiro atoms. The number of nitrogens with one attached hydrogen (secondary N) is 1. The van der Waals surface area contributed by atoms with Crippen molar-refractivity contribution in [2.45, 2.75) is 17.9 Å². The van der Waals surface area contributed by atoms with Crippen molar-refractivity contribution in [2.24, 2.45) is 0 Å². The summed E-state index contributed by atoms with van der Waals surface area (Å²) < 4.78 is 44.2. The summed E-state index contributed by atoms with van der Waals surface area (Å²) in [5.74, 6) is 1.44. The van der Waals surface area contributed by atoms with Gasteiger partial charge in [0.15, 0.2) is 11.5 Å². The summed E-state index contributed by atoms with van der Waals surface area (Å²) in [6.07, 6.45) is 0.855. The monoisotopic (exact) mass is 539 g/mol. The molecule has 0 bridgehead atoms. The number of ether oxygens (including phenoxy) is 3. The van der Waals surface area contributed by atoms with Gasteiger partial charge in [-0.25, -0.2) is 8.42 Å². The highest BCUT2D eigenvalue weighted by Gasteiger charge is 2.22. The van der Waals surface area contributed by atoms with Crippen molar-refractivity contribution in [3.63, 3.8) is 0 Å². The molecule has 1 N–H and O–H groups in total. The van der Waals surface area contributed by atoms with E-state index in [-0.39, 0.29) is 10.8 Å². The molecule has 1 fully saturated rings. The summed E-state index contributed by atoms with van der Waals surface area (Å²) in [5.41, 5.74) is 1.93. The predicted octanol–water partition coefficient (Wildman–Crippen LogP) is 3.86. The van der Waals surface area contributed by atoms with Crippen LogP contribution in [0.15, 0.2) is 71.6 Å². The zero-order valence-electron chi connectivity index (χ0n) is 21.8. The quantitative estimate of drug-likeness (QED) is 0.441. The van der Waals surface area contributed by atoms with E-state index in [0.717, 1.165) is 31.8 Å². The molecule has 202 valence electrons. The average Bonchev–Trinajstić information content (AvgIpc) is 3.18. The summed E-state index contributed by atoms with van der Waals surface area (Å²) in [4.78, 5) is 17.5. The van der Waals surface area contributed by atoms with Crippen LogP contribution in [-0.2, 0) is 16.6 Å². The summed E-state index contributed by atoms with van der Waals surface area (Å²) in [7, 11) is 0.665. The molecule has 0 atom stereocenters. The topological polar surface area (TPSA) is 97.4 Å². The average molecular weight is 540 g/mol. The van der Waals surface area contributed by atoms with Gasteiger partial charge in [0, 0.05) is 50.0 Å². The van der Waals surface area contributed by atoms with Crippen LogP contribution in [0.2, 0.25) is 0 Å². The Morgan fingerprint density at radius 3 is 2.32 bits per heavy atom. The van der Waals surface area contributed by atoms with Crippen molar-refractivity contribution in [1.29, 1.82) is 0 Å². The second-order valence-corrected chi connectivity index (χ2v) is 10.7. The minimum Gasteiger partial charge on any atom is -0.497 e. The Balaban J connectivity index is 1.41. The second-order valence-electron chi connectivity index (χ2n) is 8.97. The highest BCUT2D eigenvalue weighted by molar-refractivity contribution is 7.92. The molecule has 3 aromatic carbocycles. The van der Waals surface area contributed by atoms with Crippen molar-refractivity contribution in [3.05, 3.63) is 77.9 Å². The van der Waals surface area contributed by atoms with Crippen molar-refractivity contribution in [1.82, 2.24) is 9.80 Å². The minimum absolute atomic E-state index is 0.0244. The van der Waals surface area contributed by atoms with E-state index in [4.69, 9.17) is 14.2 Å². The third-order valence-electron chi connectivity index (χ3n) is 6.47. The smallest absolute Gasteiger partial charge is 0.262 e. The third kappa shape index (κ3) is 6.56. The molecule has 0 saturated carbocycles. The van der Waals surface area contributed by atoms with Crippen LogP contribution in [0.3, 0.4) is 0 Å². The number of amides is 1. The van der Waals surface area contributed by atoms with Gasteiger partial charge in [-0.2, -0.15) is 0 Å². The molecular formula is C28H33N3O6S. The molecular weight excluding hydrogens is 506 g/mol. The number of carbonyl (C=O) groups is 1. The Hall–Kier alpha value is -3.76. The van der Waals surface area contributed by atoms with Crippen molar-refractivity contribution >= 4 is 21.6 Å². The van der Waals surface area contributed by atoms with E-state index in [9.17, 15) is 13.2 Å². The lowest BCUT2D eigenvalue weighted by molar-refractivity contribution is 0.0761. The van der Waals surface area contributed by atoms with E-state index >= 15 is 0 Å². The summed E-state index contributed by atoms with van der Waals surface area (Å²) in [6.45, 7) is 3.68. The van der Waals surface area contributed by atoms with Gasteiger partial charge < -0.3 is 19.1 Å². The molecule has 1 saturated heterocycles. The number of rotatable bonds is 9. The lowest BCUT2D eigenvalue weighted by Gasteiger charge is -2.22. The van der Waals surface area contributed by atoms with Crippen LogP contribution >= 0.6 is 0 Å². The van der Waals surface area contributed by atoms with E-state index < -0.39 is 10.0 Å². The number of nitrogens with zero attached hydrogens (tertiary/aromatic N) is 2. The number of methoxy groups -OCH3 is 3. The maximum absolute atomic E-state index is 13.3. The molecule has 1 aliphatic rings. The Labute approximate surface area is 224 Å². The van der Waals surface area contributed by atoms with Gasteiger partial charge in [0.25, 0.3) is 15.9 Å². The van der Waals surface area contributed by atoms with Gasteiger partial charge in [-0.05, 0) is 54.4 Å². The van der Waals surface area contributed by atoms with E-state index in [0.29, 0.717) is 35.8 Å². The van der Waals surface area contributed by atoms with Crippen LogP contribution in [0.4, 0.5) is 5.69 Å². The Kier molecular flexibility index (Phi) is 8.75. The van der Waals surface area contributed by atoms with Crippen LogP contribution in [0.25, 0.3) is 0 Å². The molecule has 0 aliphatic carbocycles. The number of hydrogen-bond acceptors (Lipinski definition) is 7. The lowest BCUT2D eigenvalue weighted by atomic mass is 10.1. The first-order chi connectivity index (χ1) is 18.3. The first kappa shape index (κ1) is 27.3. The number of benzene rings is 3. The van der Waals surface area contributed by atoms with Gasteiger partial charge in [-0.15, -0.1) is 0 Å². The summed E-state index contributed by atoms with van der Waals surface area (Å²) >= 11 is 0. The molecule has 38 heavy (non-hydrogen) atoms. The Morgan fingerprint density at radius 2 is 1.61 bits per heavy atom. The molecule has 3 aromatic rings. The van der Waals surface area contributed by atoms with E-state index in [2.05, 4.69) is 21.8 Å². The zero-order valence-corrected chi connectivity index (χ0v) is 22.7. The number of anilines is 1. The maximum Gasteiger partial charge on any atom is 0.262 e. The van der Waals surface area contributed by atoms with Crippen molar-refractivity contribution < 1.29 is 27.4 Å². The summed E-state index contributed by atoms with van der Waals surface area (Å²) in [5, 5.41) is 0. The van der Waals surface area contributed by atoms with Gasteiger partial charge in [0.1, 0.15) is 5.75 Å². The first-order valence-corrected chi connectivity index (χ1v) is 13.8. The van der Waals surface area contributed by atoms with E-state index in [1.165, 1.54) is 38.0 Å². The van der Waals surface area contributed by atoms with Crippen LogP contribution < -0.4 is 18.9 Å². The number of carbonyl (C=O) groups excluding carboxylic acids is 1. The van der Waals surface area contributed by atoms with Gasteiger partial charge in [-0.1, -0.05) is 18.2 Å². The molecule has 4 rings (SSSR count).